The van der Waals surface area contributed by atoms with Gasteiger partial charge in [0.2, 0.25) is 0 Å². The smallest absolute Gasteiger partial charge is 0.321 e. The van der Waals surface area contributed by atoms with E-state index in [4.69, 9.17) is 4.74 Å². The van der Waals surface area contributed by atoms with Crippen molar-refractivity contribution in [2.45, 2.75) is 12.5 Å². The van der Waals surface area contributed by atoms with Gasteiger partial charge < -0.3 is 9.47 Å². The molecule has 2 aliphatic rings. The first-order valence-corrected chi connectivity index (χ1v) is 5.42. The minimum absolute atomic E-state index is 0.0933. The summed E-state index contributed by atoms with van der Waals surface area (Å²) in [4.78, 5) is 22.5. The maximum Gasteiger partial charge on any atom is 0.321 e. The molecular formula is C13H10O4. The van der Waals surface area contributed by atoms with E-state index in [0.717, 1.165) is 11.3 Å². The lowest BCUT2D eigenvalue weighted by atomic mass is 9.97. The summed E-state index contributed by atoms with van der Waals surface area (Å²) in [5, 5.41) is 0. The predicted octanol–water partition coefficient (Wildman–Crippen LogP) is 1.55. The minimum Gasteiger partial charge on any atom is -0.485 e. The molecule has 4 heteroatoms. The summed E-state index contributed by atoms with van der Waals surface area (Å²) in [6.45, 7) is 0. The number of para-hydroxylation sites is 1. The number of cyclic esters (lactones) is 2. The van der Waals surface area contributed by atoms with Crippen LogP contribution in [0.2, 0.25) is 0 Å². The third-order valence-corrected chi connectivity index (χ3v) is 2.95. The molecule has 4 nitrogen and oxygen atoms in total. The molecule has 1 fully saturated rings. The quantitative estimate of drug-likeness (QED) is 0.542. The molecule has 0 spiro atoms. The van der Waals surface area contributed by atoms with Crippen molar-refractivity contribution in [2.75, 3.05) is 0 Å². The van der Waals surface area contributed by atoms with Crippen LogP contribution in [-0.2, 0) is 14.3 Å². The van der Waals surface area contributed by atoms with Crippen LogP contribution in [0.1, 0.15) is 12.0 Å². The summed E-state index contributed by atoms with van der Waals surface area (Å²) in [6.07, 6.45) is 3.38. The van der Waals surface area contributed by atoms with Gasteiger partial charge in [-0.2, -0.15) is 0 Å². The van der Waals surface area contributed by atoms with Crippen LogP contribution < -0.4 is 4.74 Å². The Morgan fingerprint density at radius 1 is 1.18 bits per heavy atom. The molecule has 0 amide bonds. The molecule has 1 aromatic rings. The van der Waals surface area contributed by atoms with Gasteiger partial charge in [0, 0.05) is 5.56 Å². The lowest BCUT2D eigenvalue weighted by Crippen LogP contribution is -2.29. The monoisotopic (exact) mass is 230 g/mol. The summed E-state index contributed by atoms with van der Waals surface area (Å²) in [5.74, 6) is -0.765. The highest BCUT2D eigenvalue weighted by atomic mass is 16.6. The number of fused-ring (bicyclic) bond motifs is 1. The molecule has 2 atom stereocenters. The number of rotatable bonds is 1. The Hall–Kier alpha value is -2.10. The summed E-state index contributed by atoms with van der Waals surface area (Å²) >= 11 is 0. The molecule has 1 aromatic carbocycles. The van der Waals surface area contributed by atoms with Crippen LogP contribution in [0.3, 0.4) is 0 Å². The van der Waals surface area contributed by atoms with E-state index >= 15 is 0 Å². The molecule has 3 rings (SSSR count). The van der Waals surface area contributed by atoms with Crippen LogP contribution in [0.5, 0.6) is 5.75 Å². The third-order valence-electron chi connectivity index (χ3n) is 2.95. The van der Waals surface area contributed by atoms with Crippen molar-refractivity contribution in [3.05, 3.63) is 35.9 Å². The van der Waals surface area contributed by atoms with Crippen LogP contribution in [-0.4, -0.2) is 18.0 Å². The molecule has 2 aliphatic heterocycles. The molecule has 0 bridgehead atoms. The topological polar surface area (TPSA) is 52.6 Å². The zero-order valence-corrected chi connectivity index (χ0v) is 8.96. The van der Waals surface area contributed by atoms with Gasteiger partial charge in [0.05, 0.1) is 6.42 Å². The van der Waals surface area contributed by atoms with Crippen LogP contribution in [0, 0.1) is 5.92 Å². The fourth-order valence-corrected chi connectivity index (χ4v) is 2.07. The average Bonchev–Trinajstić information content (AvgIpc) is 2.68. The summed E-state index contributed by atoms with van der Waals surface area (Å²) in [5.41, 5.74) is 0.974. The van der Waals surface area contributed by atoms with Crippen LogP contribution >= 0.6 is 0 Å². The van der Waals surface area contributed by atoms with Gasteiger partial charge in [-0.1, -0.05) is 24.3 Å². The number of ether oxygens (including phenoxy) is 2. The van der Waals surface area contributed by atoms with Gasteiger partial charge in [0.15, 0.2) is 0 Å². The Morgan fingerprint density at radius 2 is 2.00 bits per heavy atom. The molecule has 1 saturated heterocycles. The molecule has 2 heterocycles. The zero-order chi connectivity index (χ0) is 11.8. The van der Waals surface area contributed by atoms with Gasteiger partial charge in [-0.3, -0.25) is 9.59 Å². The van der Waals surface area contributed by atoms with Crippen molar-refractivity contribution >= 4 is 18.0 Å². The van der Waals surface area contributed by atoms with Gasteiger partial charge >= 0.3 is 11.9 Å². The minimum atomic E-state index is -0.521. The molecule has 17 heavy (non-hydrogen) atoms. The highest BCUT2D eigenvalue weighted by molar-refractivity contribution is 5.95. The number of esters is 2. The fraction of sp³-hybridized carbons (Fsp3) is 0.231. The Kier molecular flexibility index (Phi) is 2.21. The van der Waals surface area contributed by atoms with Crippen molar-refractivity contribution in [2.24, 2.45) is 5.92 Å². The van der Waals surface area contributed by atoms with Crippen molar-refractivity contribution in [3.8, 4) is 5.75 Å². The standard InChI is InChI=1S/C13H10O4/c14-12-7-9(13(15)17-12)11-6-5-8-3-1-2-4-10(8)16-11/h1-6,9,11H,7H2. The van der Waals surface area contributed by atoms with E-state index in [0.29, 0.717) is 0 Å². The SMILES string of the molecule is O=C1CC(C2C=Cc3ccccc3O2)C(=O)O1. The molecule has 0 saturated carbocycles. The molecule has 0 N–H and O–H groups in total. The molecule has 2 unspecified atom stereocenters. The second-order valence-corrected chi connectivity index (χ2v) is 4.08. The van der Waals surface area contributed by atoms with Crippen LogP contribution in [0.25, 0.3) is 6.08 Å². The molecule has 86 valence electrons. The number of hydrogen-bond donors (Lipinski definition) is 0. The lowest BCUT2D eigenvalue weighted by Gasteiger charge is -2.23. The van der Waals surface area contributed by atoms with Crippen molar-refractivity contribution < 1.29 is 19.1 Å². The highest BCUT2D eigenvalue weighted by Gasteiger charge is 2.40. The van der Waals surface area contributed by atoms with E-state index in [1.54, 1.807) is 6.08 Å². The van der Waals surface area contributed by atoms with E-state index in [-0.39, 0.29) is 6.42 Å². The lowest BCUT2D eigenvalue weighted by molar-refractivity contribution is -0.153. The zero-order valence-electron chi connectivity index (χ0n) is 8.96. The summed E-state index contributed by atoms with van der Waals surface area (Å²) in [7, 11) is 0. The Morgan fingerprint density at radius 3 is 2.76 bits per heavy atom. The normalized spacial score (nSPS) is 26.4. The average molecular weight is 230 g/mol. The van der Waals surface area contributed by atoms with E-state index in [2.05, 4.69) is 4.74 Å². The van der Waals surface area contributed by atoms with E-state index < -0.39 is 24.0 Å². The molecule has 0 radical (unpaired) electrons. The van der Waals surface area contributed by atoms with Gasteiger partial charge in [-0.25, -0.2) is 0 Å². The van der Waals surface area contributed by atoms with E-state index in [1.165, 1.54) is 0 Å². The molecule has 0 aromatic heterocycles. The third kappa shape index (κ3) is 1.71. The van der Waals surface area contributed by atoms with E-state index in [1.807, 2.05) is 30.3 Å². The number of carbonyl (C=O) groups is 2. The second-order valence-electron chi connectivity index (χ2n) is 4.08. The predicted molar refractivity (Wildman–Crippen MR) is 59.1 cm³/mol. The number of carbonyl (C=O) groups excluding carboxylic acids is 2. The highest BCUT2D eigenvalue weighted by Crippen LogP contribution is 2.31. The first-order valence-electron chi connectivity index (χ1n) is 5.42. The van der Waals surface area contributed by atoms with Gasteiger partial charge in [0.1, 0.15) is 17.8 Å². The fourth-order valence-electron chi connectivity index (χ4n) is 2.07. The first-order chi connectivity index (χ1) is 8.24. The van der Waals surface area contributed by atoms with Crippen LogP contribution in [0.15, 0.2) is 30.3 Å². The molecule has 0 aliphatic carbocycles. The number of hydrogen-bond acceptors (Lipinski definition) is 4. The molecular weight excluding hydrogens is 220 g/mol. The summed E-state index contributed by atoms with van der Waals surface area (Å²) in [6, 6.07) is 7.56. The van der Waals surface area contributed by atoms with E-state index in [9.17, 15) is 9.59 Å². The number of benzene rings is 1. The summed E-state index contributed by atoms with van der Waals surface area (Å²) < 4.78 is 10.2. The first kappa shape index (κ1) is 10.1. The van der Waals surface area contributed by atoms with Gasteiger partial charge in [-0.15, -0.1) is 0 Å². The van der Waals surface area contributed by atoms with Crippen molar-refractivity contribution in [1.29, 1.82) is 0 Å². The van der Waals surface area contributed by atoms with Crippen LogP contribution in [0.4, 0.5) is 0 Å². The largest absolute Gasteiger partial charge is 0.485 e. The Labute approximate surface area is 97.8 Å². The van der Waals surface area contributed by atoms with Gasteiger partial charge in [0.25, 0.3) is 0 Å². The van der Waals surface area contributed by atoms with Crippen molar-refractivity contribution in [1.82, 2.24) is 0 Å². The Balaban J connectivity index is 1.85. The van der Waals surface area contributed by atoms with Gasteiger partial charge in [-0.05, 0) is 12.1 Å². The second kappa shape index (κ2) is 3.73. The Bertz CT molecular complexity index is 518. The maximum absolute atomic E-state index is 11.4. The maximum atomic E-state index is 11.4. The van der Waals surface area contributed by atoms with Crippen molar-refractivity contribution in [3.63, 3.8) is 0 Å².